The van der Waals surface area contributed by atoms with Gasteiger partial charge in [0.2, 0.25) is 5.91 Å². The Balaban J connectivity index is 1.89. The lowest BCUT2D eigenvalue weighted by atomic mass is 9.56. The molecule has 1 aliphatic heterocycles. The van der Waals surface area contributed by atoms with E-state index in [-0.39, 0.29) is 10.9 Å². The van der Waals surface area contributed by atoms with Gasteiger partial charge >= 0.3 is 0 Å². The maximum absolute atomic E-state index is 12.2. The van der Waals surface area contributed by atoms with Crippen LogP contribution in [0.2, 0.25) is 0 Å². The van der Waals surface area contributed by atoms with Crippen molar-refractivity contribution in [2.24, 2.45) is 17.3 Å². The first-order valence-corrected chi connectivity index (χ1v) is 8.22. The van der Waals surface area contributed by atoms with Gasteiger partial charge in [-0.15, -0.1) is 0 Å². The van der Waals surface area contributed by atoms with E-state index in [4.69, 9.17) is 12.2 Å². The Morgan fingerprint density at radius 3 is 2.26 bits per heavy atom. The van der Waals surface area contributed by atoms with Crippen LogP contribution >= 0.6 is 12.2 Å². The Kier molecular flexibility index (Phi) is 4.15. The molecule has 1 aromatic carbocycles. The number of benzene rings is 1. The number of hydrogen-bond donors (Lipinski definition) is 1. The maximum Gasteiger partial charge on any atom is 0.242 e. The Morgan fingerprint density at radius 2 is 1.70 bits per heavy atom. The summed E-state index contributed by atoms with van der Waals surface area (Å²) in [7, 11) is 0. The molecule has 116 valence electrons. The van der Waals surface area contributed by atoms with Crippen LogP contribution in [0.25, 0.3) is 0 Å². The molecule has 1 aromatic rings. The summed E-state index contributed by atoms with van der Waals surface area (Å²) in [6.07, 6.45) is 3.10. The molecule has 1 N–H and O–H groups in total. The number of hydrogen-bond acceptors (Lipinski definition) is 4. The van der Waals surface area contributed by atoms with E-state index >= 15 is 0 Å². The van der Waals surface area contributed by atoms with Gasteiger partial charge in [-0.1, -0.05) is 42.5 Å². The van der Waals surface area contributed by atoms with Crippen LogP contribution < -0.4 is 5.32 Å². The topological polar surface area (TPSA) is 76.7 Å². The number of carbonyl (C=O) groups is 1. The number of amides is 1. The van der Waals surface area contributed by atoms with Gasteiger partial charge in [0.05, 0.1) is 17.1 Å². The number of nitriles is 2. The fraction of sp³-hybridized carbons (Fsp3) is 0.444. The molecule has 2 aliphatic rings. The molecule has 2 atom stereocenters. The van der Waals surface area contributed by atoms with Gasteiger partial charge in [-0.25, -0.2) is 0 Å². The molecule has 0 unspecified atom stereocenters. The first-order valence-electron chi connectivity index (χ1n) is 7.81. The van der Waals surface area contributed by atoms with Crippen molar-refractivity contribution < 1.29 is 4.79 Å². The van der Waals surface area contributed by atoms with Gasteiger partial charge in [0.15, 0.2) is 0 Å². The molecular weight excluding hydrogens is 306 g/mol. The third-order valence-electron chi connectivity index (χ3n) is 5.37. The summed E-state index contributed by atoms with van der Waals surface area (Å²) in [5, 5.41) is 21.6. The number of piperidine rings is 1. The highest BCUT2D eigenvalue weighted by Crippen LogP contribution is 2.53. The van der Waals surface area contributed by atoms with Gasteiger partial charge in [-0.3, -0.25) is 4.79 Å². The van der Waals surface area contributed by atoms with E-state index in [2.05, 4.69) is 29.6 Å². The summed E-state index contributed by atoms with van der Waals surface area (Å²) in [6, 6.07) is 14.7. The predicted octanol–water partition coefficient (Wildman–Crippen LogP) is 3.07. The molecular formula is C18H17N3OS. The predicted molar refractivity (Wildman–Crippen MR) is 89.0 cm³/mol. The second kappa shape index (κ2) is 6.10. The lowest BCUT2D eigenvalue weighted by Gasteiger charge is -2.47. The van der Waals surface area contributed by atoms with E-state index in [0.29, 0.717) is 18.8 Å². The van der Waals surface area contributed by atoms with Crippen LogP contribution in [0.5, 0.6) is 0 Å². The van der Waals surface area contributed by atoms with Gasteiger partial charge in [0.1, 0.15) is 11.8 Å². The minimum atomic E-state index is -0.796. The van der Waals surface area contributed by atoms with Crippen LogP contribution in [-0.2, 0) is 4.79 Å². The standard InChI is InChI=1S/C18H17N3OS/c19-10-14-16(22)21-17(23)15(11-20)18(14)8-6-13(7-9-18)12-4-2-1-3-5-12/h1-5,13-15H,6-9H2,(H,21,22,23)/t13?,14-,15+,18?/m1/s1. The van der Waals surface area contributed by atoms with Crippen molar-refractivity contribution in [1.29, 1.82) is 10.5 Å². The van der Waals surface area contributed by atoms with E-state index in [9.17, 15) is 15.3 Å². The van der Waals surface area contributed by atoms with Crippen molar-refractivity contribution in [2.75, 3.05) is 0 Å². The molecule has 23 heavy (non-hydrogen) atoms. The average Bonchev–Trinajstić information content (AvgIpc) is 2.57. The summed E-state index contributed by atoms with van der Waals surface area (Å²) >= 11 is 5.22. The number of nitrogens with zero attached hydrogens (tertiary/aromatic N) is 2. The van der Waals surface area contributed by atoms with Gasteiger partial charge < -0.3 is 5.32 Å². The molecule has 1 amide bonds. The van der Waals surface area contributed by atoms with Crippen molar-refractivity contribution in [2.45, 2.75) is 31.6 Å². The fourth-order valence-electron chi connectivity index (χ4n) is 4.12. The molecule has 1 saturated carbocycles. The van der Waals surface area contributed by atoms with Gasteiger partial charge in [0.25, 0.3) is 0 Å². The molecule has 1 heterocycles. The van der Waals surface area contributed by atoms with E-state index in [1.54, 1.807) is 0 Å². The van der Waals surface area contributed by atoms with Gasteiger partial charge in [-0.2, -0.15) is 10.5 Å². The first-order chi connectivity index (χ1) is 11.1. The zero-order valence-corrected chi connectivity index (χ0v) is 13.5. The zero-order valence-electron chi connectivity index (χ0n) is 12.7. The fourth-order valence-corrected chi connectivity index (χ4v) is 4.51. The third kappa shape index (κ3) is 2.52. The molecule has 5 heteroatoms. The van der Waals surface area contributed by atoms with Crippen LogP contribution in [0.15, 0.2) is 30.3 Å². The Bertz CT molecular complexity index is 674. The van der Waals surface area contributed by atoms with Crippen LogP contribution in [0, 0.1) is 39.9 Å². The molecule has 0 bridgehead atoms. The van der Waals surface area contributed by atoms with Crippen LogP contribution in [0.4, 0.5) is 0 Å². The number of nitrogens with one attached hydrogen (secondary N) is 1. The van der Waals surface area contributed by atoms with E-state index in [1.807, 2.05) is 18.2 Å². The largest absolute Gasteiger partial charge is 0.318 e. The van der Waals surface area contributed by atoms with Crippen LogP contribution in [-0.4, -0.2) is 10.9 Å². The quantitative estimate of drug-likeness (QED) is 0.806. The smallest absolute Gasteiger partial charge is 0.242 e. The summed E-state index contributed by atoms with van der Waals surface area (Å²) in [5.41, 5.74) is 0.654. The monoisotopic (exact) mass is 323 g/mol. The van der Waals surface area contributed by atoms with Crippen LogP contribution in [0.1, 0.15) is 37.2 Å². The summed E-state index contributed by atoms with van der Waals surface area (Å²) in [5.74, 6) is -1.28. The minimum absolute atomic E-state index is 0.280. The normalized spacial score (nSPS) is 33.6. The van der Waals surface area contributed by atoms with Crippen molar-refractivity contribution >= 4 is 23.1 Å². The van der Waals surface area contributed by atoms with Crippen molar-refractivity contribution in [1.82, 2.24) is 5.32 Å². The second-order valence-electron chi connectivity index (χ2n) is 6.40. The second-order valence-corrected chi connectivity index (χ2v) is 6.84. The summed E-state index contributed by atoms with van der Waals surface area (Å²) in [4.78, 5) is 12.5. The summed E-state index contributed by atoms with van der Waals surface area (Å²) in [6.45, 7) is 0. The zero-order chi connectivity index (χ0) is 16.4. The average molecular weight is 323 g/mol. The van der Waals surface area contributed by atoms with E-state index in [1.165, 1.54) is 5.56 Å². The Hall–Kier alpha value is -2.24. The number of thiocarbonyl (C=S) groups is 1. The first kappa shape index (κ1) is 15.6. The van der Waals surface area contributed by atoms with E-state index < -0.39 is 17.3 Å². The molecule has 1 spiro atoms. The molecule has 2 fully saturated rings. The molecule has 0 radical (unpaired) electrons. The number of carbonyl (C=O) groups excluding carboxylic acids is 1. The highest BCUT2D eigenvalue weighted by atomic mass is 32.1. The lowest BCUT2D eigenvalue weighted by Crippen LogP contribution is -2.57. The highest BCUT2D eigenvalue weighted by molar-refractivity contribution is 7.80. The molecule has 0 aromatic heterocycles. The molecule has 1 saturated heterocycles. The SMILES string of the molecule is N#C[C@@H]1C(=O)NC(=S)[C@H](C#N)C12CCC(c1ccccc1)CC2. The molecule has 1 aliphatic carbocycles. The maximum atomic E-state index is 12.2. The van der Waals surface area contributed by atoms with Crippen molar-refractivity contribution in [3.63, 3.8) is 0 Å². The van der Waals surface area contributed by atoms with E-state index in [0.717, 1.165) is 12.8 Å². The van der Waals surface area contributed by atoms with Crippen LogP contribution in [0.3, 0.4) is 0 Å². The Morgan fingerprint density at radius 1 is 1.09 bits per heavy atom. The molecule has 3 rings (SSSR count). The third-order valence-corrected chi connectivity index (χ3v) is 5.70. The molecule has 4 nitrogen and oxygen atoms in total. The van der Waals surface area contributed by atoms with Crippen molar-refractivity contribution in [3.8, 4) is 12.1 Å². The van der Waals surface area contributed by atoms with Gasteiger partial charge in [-0.05, 0) is 37.2 Å². The lowest BCUT2D eigenvalue weighted by molar-refractivity contribution is -0.128. The minimum Gasteiger partial charge on any atom is -0.318 e. The highest BCUT2D eigenvalue weighted by Gasteiger charge is 2.55. The Labute approximate surface area is 141 Å². The van der Waals surface area contributed by atoms with Gasteiger partial charge in [0, 0.05) is 5.41 Å². The van der Waals surface area contributed by atoms with Crippen molar-refractivity contribution in [3.05, 3.63) is 35.9 Å². The number of rotatable bonds is 1. The summed E-state index contributed by atoms with van der Waals surface area (Å²) < 4.78 is 0.